The molecule has 4 nitrogen and oxygen atoms in total. The van der Waals surface area contributed by atoms with Gasteiger partial charge in [-0.15, -0.1) is 0 Å². The predicted molar refractivity (Wildman–Crippen MR) is 96.3 cm³/mol. The van der Waals surface area contributed by atoms with E-state index in [0.717, 1.165) is 41.0 Å². The number of amides is 2. The van der Waals surface area contributed by atoms with Crippen LogP contribution in [0.4, 0.5) is 11.4 Å². The van der Waals surface area contributed by atoms with Gasteiger partial charge in [-0.1, -0.05) is 24.3 Å². The minimum absolute atomic E-state index is 0.0336. The highest BCUT2D eigenvalue weighted by atomic mass is 16.2. The van der Waals surface area contributed by atoms with Gasteiger partial charge in [-0.3, -0.25) is 9.59 Å². The lowest BCUT2D eigenvalue weighted by molar-refractivity contribution is -0.117. The molecule has 0 spiro atoms. The molecule has 0 radical (unpaired) electrons. The summed E-state index contributed by atoms with van der Waals surface area (Å²) in [4.78, 5) is 25.8. The van der Waals surface area contributed by atoms with Gasteiger partial charge in [0.05, 0.1) is 6.42 Å². The highest BCUT2D eigenvalue weighted by molar-refractivity contribution is 5.95. The van der Waals surface area contributed by atoms with Crippen molar-refractivity contribution in [1.82, 2.24) is 0 Å². The average Bonchev–Trinajstić information content (AvgIpc) is 2.98. The number of nitrogens with one attached hydrogen (secondary N) is 1. The van der Waals surface area contributed by atoms with Crippen LogP contribution in [-0.2, 0) is 16.0 Å². The van der Waals surface area contributed by atoms with Crippen molar-refractivity contribution in [2.75, 3.05) is 16.8 Å². The second kappa shape index (κ2) is 6.87. The molecule has 1 N–H and O–H groups in total. The van der Waals surface area contributed by atoms with E-state index in [1.165, 1.54) is 0 Å². The van der Waals surface area contributed by atoms with Crippen molar-refractivity contribution in [3.63, 3.8) is 0 Å². The standard InChI is InChI=1S/C20H22N2O2/c1-14-5-6-15(2)18(12-14)21-19(23)13-16-7-9-17(10-8-16)22-11-3-4-20(22)24/h5-10,12H,3-4,11,13H2,1-2H3,(H,21,23). The Labute approximate surface area is 142 Å². The van der Waals surface area contributed by atoms with Gasteiger partial charge in [0.15, 0.2) is 0 Å². The summed E-state index contributed by atoms with van der Waals surface area (Å²) in [7, 11) is 0. The molecule has 2 aromatic carbocycles. The van der Waals surface area contributed by atoms with E-state index in [9.17, 15) is 9.59 Å². The largest absolute Gasteiger partial charge is 0.326 e. The lowest BCUT2D eigenvalue weighted by Crippen LogP contribution is -2.23. The molecule has 124 valence electrons. The van der Waals surface area contributed by atoms with Crippen LogP contribution in [0.15, 0.2) is 42.5 Å². The van der Waals surface area contributed by atoms with Crippen molar-refractivity contribution in [3.05, 3.63) is 59.2 Å². The van der Waals surface area contributed by atoms with Crippen molar-refractivity contribution in [3.8, 4) is 0 Å². The summed E-state index contributed by atoms with van der Waals surface area (Å²) in [5.74, 6) is 0.143. The fourth-order valence-corrected chi connectivity index (χ4v) is 2.97. The molecule has 3 rings (SSSR count). The molecule has 1 heterocycles. The summed E-state index contributed by atoms with van der Waals surface area (Å²) < 4.78 is 0. The number of aryl methyl sites for hydroxylation is 2. The molecule has 0 aliphatic carbocycles. The third-order valence-corrected chi connectivity index (χ3v) is 4.35. The van der Waals surface area contributed by atoms with E-state index >= 15 is 0 Å². The maximum absolute atomic E-state index is 12.3. The van der Waals surface area contributed by atoms with Gasteiger partial charge in [0, 0.05) is 24.3 Å². The Balaban J connectivity index is 1.64. The molecule has 1 aliphatic heterocycles. The topological polar surface area (TPSA) is 49.4 Å². The SMILES string of the molecule is Cc1ccc(C)c(NC(=O)Cc2ccc(N3CCCC3=O)cc2)c1. The quantitative estimate of drug-likeness (QED) is 0.935. The number of hydrogen-bond acceptors (Lipinski definition) is 2. The van der Waals surface area contributed by atoms with Crippen molar-refractivity contribution in [2.45, 2.75) is 33.1 Å². The van der Waals surface area contributed by atoms with E-state index in [0.29, 0.717) is 12.8 Å². The van der Waals surface area contributed by atoms with E-state index < -0.39 is 0 Å². The van der Waals surface area contributed by atoms with Crippen LogP contribution in [0.3, 0.4) is 0 Å². The molecule has 0 atom stereocenters. The molecular formula is C20H22N2O2. The molecule has 0 saturated carbocycles. The number of carbonyl (C=O) groups is 2. The second-order valence-electron chi connectivity index (χ2n) is 6.36. The van der Waals surface area contributed by atoms with Gasteiger partial charge in [-0.2, -0.15) is 0 Å². The van der Waals surface area contributed by atoms with Crippen LogP contribution in [0.5, 0.6) is 0 Å². The Morgan fingerprint density at radius 1 is 1.12 bits per heavy atom. The molecule has 0 bridgehead atoms. The lowest BCUT2D eigenvalue weighted by Gasteiger charge is -2.16. The zero-order valence-corrected chi connectivity index (χ0v) is 14.1. The first-order valence-electron chi connectivity index (χ1n) is 8.29. The van der Waals surface area contributed by atoms with Crippen molar-refractivity contribution >= 4 is 23.2 Å². The number of anilines is 2. The van der Waals surface area contributed by atoms with Crippen LogP contribution < -0.4 is 10.2 Å². The number of rotatable bonds is 4. The number of hydrogen-bond donors (Lipinski definition) is 1. The van der Waals surface area contributed by atoms with Gasteiger partial charge in [-0.05, 0) is 55.2 Å². The maximum atomic E-state index is 12.3. The molecule has 4 heteroatoms. The number of nitrogens with zero attached hydrogens (tertiary/aromatic N) is 1. The molecule has 1 saturated heterocycles. The molecule has 0 aromatic heterocycles. The van der Waals surface area contributed by atoms with Gasteiger partial charge >= 0.3 is 0 Å². The molecular weight excluding hydrogens is 300 g/mol. The van der Waals surface area contributed by atoms with Crippen LogP contribution >= 0.6 is 0 Å². The molecule has 0 unspecified atom stereocenters. The first kappa shape index (κ1) is 16.2. The first-order chi connectivity index (χ1) is 11.5. The summed E-state index contributed by atoms with van der Waals surface area (Å²) >= 11 is 0. The minimum atomic E-state index is -0.0336. The van der Waals surface area contributed by atoms with E-state index in [1.54, 1.807) is 4.90 Å². The Morgan fingerprint density at radius 3 is 2.54 bits per heavy atom. The first-order valence-corrected chi connectivity index (χ1v) is 8.29. The zero-order valence-electron chi connectivity index (χ0n) is 14.1. The molecule has 2 amide bonds. The van der Waals surface area contributed by atoms with Crippen molar-refractivity contribution < 1.29 is 9.59 Å². The highest BCUT2D eigenvalue weighted by Gasteiger charge is 2.21. The van der Waals surface area contributed by atoms with E-state index in [1.807, 2.05) is 56.3 Å². The average molecular weight is 322 g/mol. The summed E-state index contributed by atoms with van der Waals surface area (Å²) in [5.41, 5.74) is 4.89. The van der Waals surface area contributed by atoms with Gasteiger partial charge in [-0.25, -0.2) is 0 Å². The Morgan fingerprint density at radius 2 is 1.88 bits per heavy atom. The molecule has 24 heavy (non-hydrogen) atoms. The van der Waals surface area contributed by atoms with Crippen LogP contribution in [0.25, 0.3) is 0 Å². The summed E-state index contributed by atoms with van der Waals surface area (Å²) in [5, 5.41) is 2.97. The monoisotopic (exact) mass is 322 g/mol. The van der Waals surface area contributed by atoms with E-state index in [2.05, 4.69) is 5.32 Å². The third-order valence-electron chi connectivity index (χ3n) is 4.35. The lowest BCUT2D eigenvalue weighted by atomic mass is 10.1. The predicted octanol–water partition coefficient (Wildman–Crippen LogP) is 3.61. The van der Waals surface area contributed by atoms with Crippen molar-refractivity contribution in [1.29, 1.82) is 0 Å². The smallest absolute Gasteiger partial charge is 0.228 e. The Hall–Kier alpha value is -2.62. The molecule has 1 aliphatic rings. The van der Waals surface area contributed by atoms with Crippen LogP contribution in [-0.4, -0.2) is 18.4 Å². The van der Waals surface area contributed by atoms with E-state index in [4.69, 9.17) is 0 Å². The number of benzene rings is 2. The second-order valence-corrected chi connectivity index (χ2v) is 6.36. The van der Waals surface area contributed by atoms with Crippen LogP contribution in [0.2, 0.25) is 0 Å². The van der Waals surface area contributed by atoms with Crippen LogP contribution in [0.1, 0.15) is 29.5 Å². The normalized spacial score (nSPS) is 14.1. The summed E-state index contributed by atoms with van der Waals surface area (Å²) in [6, 6.07) is 13.7. The zero-order chi connectivity index (χ0) is 17.1. The Kier molecular flexibility index (Phi) is 4.65. The Bertz CT molecular complexity index is 766. The maximum Gasteiger partial charge on any atom is 0.228 e. The summed E-state index contributed by atoms with van der Waals surface area (Å²) in [6.07, 6.45) is 1.86. The van der Waals surface area contributed by atoms with E-state index in [-0.39, 0.29) is 11.8 Å². The highest BCUT2D eigenvalue weighted by Crippen LogP contribution is 2.22. The van der Waals surface area contributed by atoms with Crippen molar-refractivity contribution in [2.24, 2.45) is 0 Å². The fourth-order valence-electron chi connectivity index (χ4n) is 2.97. The summed E-state index contributed by atoms with van der Waals surface area (Å²) in [6.45, 7) is 4.77. The molecule has 1 fully saturated rings. The fraction of sp³-hybridized carbons (Fsp3) is 0.300. The molecule has 2 aromatic rings. The number of carbonyl (C=O) groups excluding carboxylic acids is 2. The van der Waals surface area contributed by atoms with Gasteiger partial charge in [0.1, 0.15) is 0 Å². The van der Waals surface area contributed by atoms with Gasteiger partial charge in [0.2, 0.25) is 11.8 Å². The minimum Gasteiger partial charge on any atom is -0.326 e. The van der Waals surface area contributed by atoms with Gasteiger partial charge < -0.3 is 10.2 Å². The van der Waals surface area contributed by atoms with Gasteiger partial charge in [0.25, 0.3) is 0 Å². The van der Waals surface area contributed by atoms with Crippen LogP contribution in [0, 0.1) is 13.8 Å². The third kappa shape index (κ3) is 3.65.